The number of carbonyl (C=O) groups is 5. The van der Waals surface area contributed by atoms with Gasteiger partial charge < -0.3 is 24.2 Å². The third kappa shape index (κ3) is 11.4. The first-order valence-corrected chi connectivity index (χ1v) is 39.9. The van der Waals surface area contributed by atoms with Gasteiger partial charge in [-0.1, -0.05) is 168 Å². The molecule has 1 aliphatic heterocycles. The largest absolute Gasteiger partial charge is 0.395 e. The number of terminal acetylenes is 1. The zero-order valence-corrected chi connectivity index (χ0v) is 62.7. The molecule has 1 spiro atoms. The summed E-state index contributed by atoms with van der Waals surface area (Å²) in [5.74, 6) is 6.30. The number of aliphatic hydroxyl groups is 1. The summed E-state index contributed by atoms with van der Waals surface area (Å²) in [4.78, 5) is 69.9. The molecule has 13 rings (SSSR count). The molecule has 13 aliphatic rings. The fourth-order valence-electron chi connectivity index (χ4n) is 22.6. The number of halogens is 1. The van der Waals surface area contributed by atoms with Crippen molar-refractivity contribution in [1.82, 2.24) is 0 Å². The molecule has 1 heterocycles. The van der Waals surface area contributed by atoms with Crippen molar-refractivity contribution in [2.24, 2.45) is 88.7 Å². The van der Waals surface area contributed by atoms with Gasteiger partial charge in [0.1, 0.15) is 26.0 Å². The Balaban J connectivity index is 0.000000143. The van der Waals surface area contributed by atoms with Gasteiger partial charge in [0, 0.05) is 61.7 Å². The maximum Gasteiger partial charge on any atom is 0.226 e. The van der Waals surface area contributed by atoms with Crippen LogP contribution in [-0.4, -0.2) is 67.7 Å². The van der Waals surface area contributed by atoms with Crippen molar-refractivity contribution >= 4 is 48.6 Å². The predicted octanol–water partition coefficient (Wildman–Crippen LogP) is 17.7. The van der Waals surface area contributed by atoms with Crippen molar-refractivity contribution in [3.8, 4) is 35.9 Å². The molecule has 0 radical (unpaired) electrons. The molecule has 0 bridgehead atoms. The Hall–Kier alpha value is -6.52. The molecule has 0 unspecified atom stereocenters. The zero-order valence-electron chi connectivity index (χ0n) is 61.0. The average molecular weight is 1360 g/mol. The maximum atomic E-state index is 12.9. The highest BCUT2D eigenvalue weighted by atomic mass is 35.5. The minimum atomic E-state index is -1.70. The number of rotatable bonds is 2. The molecule has 0 aromatic rings. The second kappa shape index (κ2) is 25.5. The van der Waals surface area contributed by atoms with E-state index >= 15 is 0 Å². The number of hydrogen-bond donors (Lipinski definition) is 1. The minimum Gasteiger partial charge on any atom is -0.395 e. The van der Waals surface area contributed by atoms with E-state index in [-0.39, 0.29) is 102 Å². The van der Waals surface area contributed by atoms with Crippen LogP contribution in [0.1, 0.15) is 199 Å². The maximum absolute atomic E-state index is 12.9. The number of carbonyl (C=O) groups excluding carboxylic acids is 5. The van der Waals surface area contributed by atoms with Crippen molar-refractivity contribution in [2.45, 2.75) is 224 Å². The van der Waals surface area contributed by atoms with E-state index in [2.05, 4.69) is 106 Å². The van der Waals surface area contributed by atoms with Gasteiger partial charge in [0.15, 0.2) is 28.9 Å². The molecular weight excluding hydrogens is 1260 g/mol. The summed E-state index contributed by atoms with van der Waals surface area (Å²) in [5.41, 5.74) is 6.50. The molecule has 1 N–H and O–H groups in total. The number of ether oxygens (including phenoxy) is 2. The summed E-state index contributed by atoms with van der Waals surface area (Å²) in [7, 11) is -1.70. The van der Waals surface area contributed by atoms with Gasteiger partial charge in [-0.25, -0.2) is 9.69 Å². The molecule has 12 atom stereocenters. The Morgan fingerprint density at radius 2 is 1.10 bits per heavy atom. The lowest BCUT2D eigenvalue weighted by atomic mass is 9.43. The van der Waals surface area contributed by atoms with Crippen LogP contribution in [0.25, 0.3) is 9.69 Å². The number of hydrogen-bond acceptors (Lipinski definition) is 10. The molecule has 0 aromatic carbocycles. The number of ketones is 5. The van der Waals surface area contributed by atoms with Gasteiger partial charge in [-0.15, -0.1) is 12.0 Å². The van der Waals surface area contributed by atoms with E-state index in [9.17, 15) is 39.6 Å². The second-order valence-electron chi connectivity index (χ2n) is 35.1. The van der Waals surface area contributed by atoms with Crippen LogP contribution >= 0.6 is 11.6 Å². The average Bonchev–Trinajstić information content (AvgIpc) is 0.890. The Morgan fingerprint density at radius 1 is 0.612 bits per heavy atom. The van der Waals surface area contributed by atoms with Crippen molar-refractivity contribution in [1.29, 1.82) is 10.5 Å². The highest BCUT2D eigenvalue weighted by molar-refractivity contribution is 6.83. The Morgan fingerprint density at radius 3 is 1.61 bits per heavy atom. The molecular formula is C84H103ClN4O8Si. The van der Waals surface area contributed by atoms with E-state index in [0.29, 0.717) is 43.3 Å². The lowest BCUT2D eigenvalue weighted by Gasteiger charge is -2.64. The van der Waals surface area contributed by atoms with Crippen LogP contribution in [0.5, 0.6) is 0 Å². The van der Waals surface area contributed by atoms with E-state index < -0.39 is 40.6 Å². The number of nitriles is 2. The van der Waals surface area contributed by atoms with Gasteiger partial charge in [0.25, 0.3) is 0 Å². The predicted molar refractivity (Wildman–Crippen MR) is 385 cm³/mol. The quantitative estimate of drug-likeness (QED) is 0.121. The summed E-state index contributed by atoms with van der Waals surface area (Å²) in [6.07, 6.45) is 41.3. The molecule has 12 nitrogen and oxygen atoms in total. The molecule has 0 amide bonds. The van der Waals surface area contributed by atoms with Crippen LogP contribution in [0.4, 0.5) is 0 Å². The third-order valence-electron chi connectivity index (χ3n) is 27.5. The number of allylic oxidation sites excluding steroid dienone is 16. The first-order valence-electron chi connectivity index (χ1n) is 36.0. The van der Waals surface area contributed by atoms with Crippen LogP contribution in [0.15, 0.2) is 105 Å². The summed E-state index contributed by atoms with van der Waals surface area (Å²) in [6.45, 7) is 48.6. The van der Waals surface area contributed by atoms with E-state index in [1.54, 1.807) is 41.5 Å². The molecule has 0 aromatic heterocycles. The molecule has 1 saturated heterocycles. The molecule has 12 aliphatic carbocycles. The first-order chi connectivity index (χ1) is 45.7. The van der Waals surface area contributed by atoms with Crippen LogP contribution in [0.2, 0.25) is 19.6 Å². The third-order valence-corrected chi connectivity index (χ3v) is 28.5. The SMILES string of the molecule is CC1(C)C(=O)CC[C@]2(C)C3=CCCC[C@]3(CO)CC[C@@H]12.CC1(C)[C@@H]2CC[C@@]3(C=CCl)CCCC=C3[C@@]2(C)CCC12OCCO2.[C-]#[N+]C1=C[C@]2(C)C3=CC(=O)C(C#N)=C[C@]3(C#C)CC[C@H]2C(C)(C)C1=O.[C-]#[N+]C1=C[C@]2(C)C3=CC(=O)C(C#N)=C[C@]3(C#C[Si](C)(C)C)CC[C@H]2C(C)(C)C1=O. The van der Waals surface area contributed by atoms with Gasteiger partial charge in [-0.05, 0) is 173 Å². The Labute approximate surface area is 590 Å². The molecule has 518 valence electrons. The molecule has 6 saturated carbocycles. The van der Waals surface area contributed by atoms with Crippen LogP contribution in [0, 0.1) is 148 Å². The van der Waals surface area contributed by atoms with Gasteiger partial charge in [0.05, 0.1) is 54.9 Å². The van der Waals surface area contributed by atoms with Gasteiger partial charge in [0.2, 0.25) is 11.4 Å². The zero-order chi connectivity index (χ0) is 72.1. The standard InChI is InChI=1S/C24H26N2O2Si.C21H31ClO2.C21H18N2O2.C18H28O2/c1-22(2)19-8-9-24(10-11-29(5,6)7)13-16(15-25)18(27)12-20(24)23(19,3)14-17(26-4)21(22)28;1-18(2)16-7-9-20(12-13-22)8-5-4-6-17(20)19(16,3)10-11-21(18)23-14-15-24-21;1-6-21-8-7-16-19(2,3)18(25)14(23-5)11-20(16,4)17(21)9-15(24)13(10-21)12-22;1-16(2)13-7-11-18(12-19)9-5-4-6-14(18)17(13,3)10-8-15(16)20/h12-14,19H,8-9H2,1-3,5-7H3;6,12-13,16H,4-5,7-11,14-15H2,1-3H3;1,9-11,16H,7-8H2,2-4H3;6,13,19H,4-5,7-12H2,1-3H3/t19-,23-,24+;16-,19-,20+;16-,20-,21-;13-,17-,18+/m0000/s1. The minimum absolute atomic E-state index is 0.0277. The fourth-order valence-corrected chi connectivity index (χ4v) is 23.4. The second-order valence-corrected chi connectivity index (χ2v) is 40.1. The van der Waals surface area contributed by atoms with Crippen LogP contribution in [-0.2, 0) is 33.4 Å². The van der Waals surface area contributed by atoms with Crippen molar-refractivity contribution < 1.29 is 38.6 Å². The summed E-state index contributed by atoms with van der Waals surface area (Å²) < 4.78 is 12.4. The lowest BCUT2D eigenvalue weighted by molar-refractivity contribution is -0.284. The van der Waals surface area contributed by atoms with Crippen LogP contribution in [0.3, 0.4) is 0 Å². The summed E-state index contributed by atoms with van der Waals surface area (Å²) >= 11 is 6.08. The Bertz CT molecular complexity index is 4030. The van der Waals surface area contributed by atoms with E-state index in [0.717, 1.165) is 75.7 Å². The topological polar surface area (TPSA) is 180 Å². The molecule has 14 heteroatoms. The fraction of sp³-hybridized carbons (Fsp3) is 0.631. The van der Waals surface area contributed by atoms with Crippen molar-refractivity contribution in [3.63, 3.8) is 0 Å². The summed E-state index contributed by atoms with van der Waals surface area (Å²) in [5, 5.41) is 28.8. The number of aliphatic hydroxyl groups excluding tert-OH is 1. The van der Waals surface area contributed by atoms with E-state index in [4.69, 9.17) is 40.6 Å². The van der Waals surface area contributed by atoms with Crippen molar-refractivity contribution in [3.05, 3.63) is 128 Å². The van der Waals surface area contributed by atoms with Gasteiger partial charge in [-0.3, -0.25) is 14.4 Å². The van der Waals surface area contributed by atoms with E-state index in [1.165, 1.54) is 50.2 Å². The summed E-state index contributed by atoms with van der Waals surface area (Å²) in [6, 6.07) is 3.96. The lowest BCUT2D eigenvalue weighted by Crippen LogP contribution is -2.61. The van der Waals surface area contributed by atoms with Crippen LogP contribution < -0.4 is 0 Å². The highest BCUT2D eigenvalue weighted by Gasteiger charge is 2.67. The molecule has 98 heavy (non-hydrogen) atoms. The smallest absolute Gasteiger partial charge is 0.226 e. The number of fused-ring (bicyclic) bond motifs is 12. The van der Waals surface area contributed by atoms with Crippen molar-refractivity contribution in [2.75, 3.05) is 19.8 Å². The number of nitrogens with zero attached hydrogens (tertiary/aromatic N) is 4. The normalized spacial score (nSPS) is 38.3. The van der Waals surface area contributed by atoms with Gasteiger partial charge >= 0.3 is 0 Å². The van der Waals surface area contributed by atoms with Gasteiger partial charge in [-0.2, -0.15) is 10.5 Å². The molecule has 7 fully saturated rings. The Kier molecular flexibility index (Phi) is 19.3. The number of Topliss-reactive ketones (excluding diaryl/α,β-unsaturated/α-hetero) is 3. The monoisotopic (exact) mass is 1360 g/mol. The van der Waals surface area contributed by atoms with E-state index in [1.807, 2.05) is 53.7 Å². The highest BCUT2D eigenvalue weighted by Crippen LogP contribution is 2.71. The first kappa shape index (κ1) is 74.2.